The highest BCUT2D eigenvalue weighted by Crippen LogP contribution is 2.17. The van der Waals surface area contributed by atoms with Gasteiger partial charge in [-0.1, -0.05) is 23.7 Å². The second kappa shape index (κ2) is 6.43. The van der Waals surface area contributed by atoms with Gasteiger partial charge in [-0.25, -0.2) is 22.3 Å². The molecular weight excluding hydrogens is 333 g/mol. The number of carboxylic acids is 1. The zero-order chi connectivity index (χ0) is 16.3. The Morgan fingerprint density at radius 3 is 2.59 bits per heavy atom. The maximum Gasteiger partial charge on any atom is 0.335 e. The smallest absolute Gasteiger partial charge is 0.335 e. The first kappa shape index (κ1) is 16.4. The molecule has 0 atom stereocenters. The normalized spacial score (nSPS) is 11.4. The van der Waals surface area contributed by atoms with E-state index in [9.17, 15) is 17.6 Å². The molecule has 0 saturated carbocycles. The Hall–Kier alpha value is -1.96. The van der Waals surface area contributed by atoms with Crippen molar-refractivity contribution in [3.8, 4) is 0 Å². The van der Waals surface area contributed by atoms with Crippen LogP contribution in [0.3, 0.4) is 0 Å². The quantitative estimate of drug-likeness (QED) is 0.874. The molecule has 0 bridgehead atoms. The van der Waals surface area contributed by atoms with Crippen molar-refractivity contribution in [3.63, 3.8) is 0 Å². The number of rotatable bonds is 5. The van der Waals surface area contributed by atoms with Gasteiger partial charge in [0.1, 0.15) is 10.7 Å². The molecule has 2 aromatic rings. The molecule has 5 nitrogen and oxygen atoms in total. The van der Waals surface area contributed by atoms with Crippen LogP contribution in [0.25, 0.3) is 0 Å². The zero-order valence-corrected chi connectivity index (χ0v) is 12.7. The topological polar surface area (TPSA) is 83.5 Å². The molecular formula is C14H11ClFNO4S. The largest absolute Gasteiger partial charge is 0.478 e. The first-order valence-corrected chi connectivity index (χ1v) is 7.92. The molecule has 116 valence electrons. The molecule has 0 spiro atoms. The van der Waals surface area contributed by atoms with Crippen LogP contribution >= 0.6 is 11.6 Å². The molecule has 2 rings (SSSR count). The van der Waals surface area contributed by atoms with Crippen molar-refractivity contribution in [3.05, 3.63) is 64.4 Å². The summed E-state index contributed by atoms with van der Waals surface area (Å²) in [5, 5.41) is 9.29. The molecule has 0 amide bonds. The first-order chi connectivity index (χ1) is 10.3. The number of aromatic carboxylic acids is 1. The molecule has 0 radical (unpaired) electrons. The first-order valence-electron chi connectivity index (χ1n) is 6.06. The van der Waals surface area contributed by atoms with Crippen LogP contribution in [0, 0.1) is 5.82 Å². The lowest BCUT2D eigenvalue weighted by molar-refractivity contribution is 0.0696. The Bertz CT molecular complexity index is 823. The fourth-order valence-electron chi connectivity index (χ4n) is 1.75. The van der Waals surface area contributed by atoms with E-state index in [-0.39, 0.29) is 12.1 Å². The second-order valence-corrected chi connectivity index (χ2v) is 6.58. The van der Waals surface area contributed by atoms with E-state index < -0.39 is 26.7 Å². The molecule has 0 unspecified atom stereocenters. The minimum absolute atomic E-state index is 0.0976. The number of sulfonamides is 1. The monoisotopic (exact) mass is 343 g/mol. The molecule has 0 aromatic heterocycles. The summed E-state index contributed by atoms with van der Waals surface area (Å²) in [5.74, 6) is -2.37. The van der Waals surface area contributed by atoms with E-state index in [0.717, 1.165) is 18.2 Å². The van der Waals surface area contributed by atoms with E-state index in [4.69, 9.17) is 16.7 Å². The molecule has 0 aliphatic carbocycles. The van der Waals surface area contributed by atoms with Crippen LogP contribution in [-0.2, 0) is 16.6 Å². The maximum atomic E-state index is 13.7. The Labute approximate surface area is 131 Å². The minimum Gasteiger partial charge on any atom is -0.478 e. The van der Waals surface area contributed by atoms with Crippen LogP contribution in [0.2, 0.25) is 5.02 Å². The predicted molar refractivity (Wildman–Crippen MR) is 78.8 cm³/mol. The molecule has 0 aliphatic rings. The average Bonchev–Trinajstić information content (AvgIpc) is 2.45. The van der Waals surface area contributed by atoms with Crippen molar-refractivity contribution in [1.29, 1.82) is 0 Å². The summed E-state index contributed by atoms with van der Waals surface area (Å²) in [7, 11) is -4.19. The van der Waals surface area contributed by atoms with E-state index in [1.807, 2.05) is 0 Å². The van der Waals surface area contributed by atoms with Gasteiger partial charge in [0.15, 0.2) is 0 Å². The van der Waals surface area contributed by atoms with Crippen LogP contribution in [0.4, 0.5) is 4.39 Å². The maximum absolute atomic E-state index is 13.7. The van der Waals surface area contributed by atoms with Gasteiger partial charge in [0.05, 0.1) is 5.56 Å². The van der Waals surface area contributed by atoms with Gasteiger partial charge in [-0.2, -0.15) is 0 Å². The molecule has 22 heavy (non-hydrogen) atoms. The molecule has 0 aliphatic heterocycles. The number of carboxylic acid groups (broad SMARTS) is 1. The molecule has 0 saturated heterocycles. The van der Waals surface area contributed by atoms with Crippen LogP contribution in [0.15, 0.2) is 47.4 Å². The average molecular weight is 344 g/mol. The second-order valence-electron chi connectivity index (χ2n) is 4.40. The highest BCUT2D eigenvalue weighted by Gasteiger charge is 2.20. The van der Waals surface area contributed by atoms with Crippen molar-refractivity contribution in [2.45, 2.75) is 11.4 Å². The van der Waals surface area contributed by atoms with E-state index in [0.29, 0.717) is 10.6 Å². The van der Waals surface area contributed by atoms with Crippen molar-refractivity contribution >= 4 is 27.6 Å². The SMILES string of the molecule is O=C(O)c1ccc(F)c(S(=O)(=O)NCc2cccc(Cl)c2)c1. The Kier molecular flexibility index (Phi) is 4.80. The van der Waals surface area contributed by atoms with E-state index in [1.54, 1.807) is 24.3 Å². The third-order valence-electron chi connectivity index (χ3n) is 2.82. The number of carbonyl (C=O) groups is 1. The lowest BCUT2D eigenvalue weighted by Gasteiger charge is -2.09. The summed E-state index contributed by atoms with van der Waals surface area (Å²) in [6.45, 7) is -0.0976. The van der Waals surface area contributed by atoms with Gasteiger partial charge in [-0.3, -0.25) is 0 Å². The number of halogens is 2. The van der Waals surface area contributed by atoms with Gasteiger partial charge in [0.2, 0.25) is 10.0 Å². The van der Waals surface area contributed by atoms with Gasteiger partial charge in [0, 0.05) is 11.6 Å². The van der Waals surface area contributed by atoms with Crippen molar-refractivity contribution in [2.75, 3.05) is 0 Å². The van der Waals surface area contributed by atoms with Crippen LogP contribution in [0.1, 0.15) is 15.9 Å². The molecule has 8 heteroatoms. The number of hydrogen-bond donors (Lipinski definition) is 2. The third kappa shape index (κ3) is 3.82. The highest BCUT2D eigenvalue weighted by atomic mass is 35.5. The molecule has 0 heterocycles. The zero-order valence-electron chi connectivity index (χ0n) is 11.1. The van der Waals surface area contributed by atoms with Gasteiger partial charge in [-0.15, -0.1) is 0 Å². The molecule has 0 fully saturated rings. The Morgan fingerprint density at radius 1 is 1.23 bits per heavy atom. The van der Waals surface area contributed by atoms with E-state index in [2.05, 4.69) is 4.72 Å². The van der Waals surface area contributed by atoms with Crippen LogP contribution < -0.4 is 4.72 Å². The van der Waals surface area contributed by atoms with Crippen molar-refractivity contribution in [2.24, 2.45) is 0 Å². The summed E-state index contributed by atoms with van der Waals surface area (Å²) in [5.41, 5.74) is 0.274. The fourth-order valence-corrected chi connectivity index (χ4v) is 3.08. The van der Waals surface area contributed by atoms with Gasteiger partial charge in [-0.05, 0) is 35.9 Å². The molecule has 2 aromatic carbocycles. The van der Waals surface area contributed by atoms with Gasteiger partial charge in [0.25, 0.3) is 0 Å². The summed E-state index contributed by atoms with van der Waals surface area (Å²) in [6, 6.07) is 9.07. The fraction of sp³-hybridized carbons (Fsp3) is 0.0714. The molecule has 2 N–H and O–H groups in total. The van der Waals surface area contributed by atoms with Crippen molar-refractivity contribution in [1.82, 2.24) is 4.72 Å². The summed E-state index contributed by atoms with van der Waals surface area (Å²) in [4.78, 5) is 10.1. The lowest BCUT2D eigenvalue weighted by atomic mass is 10.2. The van der Waals surface area contributed by atoms with Crippen LogP contribution in [0.5, 0.6) is 0 Å². The van der Waals surface area contributed by atoms with Crippen LogP contribution in [-0.4, -0.2) is 19.5 Å². The number of hydrogen-bond acceptors (Lipinski definition) is 3. The predicted octanol–water partition coefficient (Wildman–Crippen LogP) is 2.66. The van der Waals surface area contributed by atoms with Gasteiger partial charge >= 0.3 is 5.97 Å². The minimum atomic E-state index is -4.19. The summed E-state index contributed by atoms with van der Waals surface area (Å²) < 4.78 is 40.1. The number of nitrogens with one attached hydrogen (secondary N) is 1. The Morgan fingerprint density at radius 2 is 1.95 bits per heavy atom. The van der Waals surface area contributed by atoms with Crippen molar-refractivity contribution < 1.29 is 22.7 Å². The Balaban J connectivity index is 2.27. The third-order valence-corrected chi connectivity index (χ3v) is 4.47. The highest BCUT2D eigenvalue weighted by molar-refractivity contribution is 7.89. The standard InChI is InChI=1S/C14H11ClFNO4S/c15-11-3-1-2-9(6-11)8-17-22(20,21)13-7-10(14(18)19)4-5-12(13)16/h1-7,17H,8H2,(H,18,19). The lowest BCUT2D eigenvalue weighted by Crippen LogP contribution is -2.24. The van der Waals surface area contributed by atoms with E-state index >= 15 is 0 Å². The number of benzene rings is 2. The van der Waals surface area contributed by atoms with E-state index in [1.165, 1.54) is 0 Å². The summed E-state index contributed by atoms with van der Waals surface area (Å²) >= 11 is 5.79. The van der Waals surface area contributed by atoms with Gasteiger partial charge < -0.3 is 5.11 Å². The summed E-state index contributed by atoms with van der Waals surface area (Å²) in [6.07, 6.45) is 0.